The number of carbonyl (C=O) groups is 1. The van der Waals surface area contributed by atoms with Gasteiger partial charge in [-0.05, 0) is 19.4 Å². The molecule has 1 heterocycles. The van der Waals surface area contributed by atoms with Crippen LogP contribution in [-0.4, -0.2) is 38.4 Å². The molecular weight excluding hydrogens is 262 g/mol. The van der Waals surface area contributed by atoms with E-state index < -0.39 is 10.8 Å². The van der Waals surface area contributed by atoms with Crippen LogP contribution in [0.15, 0.2) is 24.3 Å². The van der Waals surface area contributed by atoms with Crippen molar-refractivity contribution in [1.82, 2.24) is 15.5 Å². The summed E-state index contributed by atoms with van der Waals surface area (Å²) in [7, 11) is -0.833. The van der Waals surface area contributed by atoms with Crippen LogP contribution in [0.5, 0.6) is 0 Å². The van der Waals surface area contributed by atoms with Crippen molar-refractivity contribution < 1.29 is 9.00 Å². The van der Waals surface area contributed by atoms with Crippen LogP contribution in [-0.2, 0) is 10.8 Å². The van der Waals surface area contributed by atoms with Crippen molar-refractivity contribution in [3.8, 4) is 0 Å². The molecule has 102 valence electrons. The van der Waals surface area contributed by atoms with Gasteiger partial charge in [0.2, 0.25) is 0 Å². The molecule has 2 N–H and O–H groups in total. The number of H-pyrrole nitrogens is 1. The Bertz CT molecular complexity index is 609. The first-order chi connectivity index (χ1) is 9.08. The topological polar surface area (TPSA) is 74.8 Å². The normalized spacial score (nSPS) is 14.2. The summed E-state index contributed by atoms with van der Waals surface area (Å²) in [6, 6.07) is 7.48. The fraction of sp³-hybridized carbons (Fsp3) is 0.385. The fourth-order valence-corrected chi connectivity index (χ4v) is 2.53. The summed E-state index contributed by atoms with van der Waals surface area (Å²) in [4.78, 5) is 12.1. The van der Waals surface area contributed by atoms with Gasteiger partial charge in [-0.25, -0.2) is 0 Å². The van der Waals surface area contributed by atoms with E-state index in [0.29, 0.717) is 17.9 Å². The van der Waals surface area contributed by atoms with E-state index in [1.54, 1.807) is 6.26 Å². The number of para-hydroxylation sites is 1. The number of hydrogen-bond acceptors (Lipinski definition) is 3. The molecule has 0 aliphatic heterocycles. The number of benzene rings is 1. The minimum Gasteiger partial charge on any atom is -0.348 e. The van der Waals surface area contributed by atoms with Gasteiger partial charge < -0.3 is 5.32 Å². The van der Waals surface area contributed by atoms with Crippen LogP contribution in [0.2, 0.25) is 0 Å². The largest absolute Gasteiger partial charge is 0.348 e. The molecule has 0 aliphatic carbocycles. The van der Waals surface area contributed by atoms with Gasteiger partial charge in [-0.1, -0.05) is 18.2 Å². The number of fused-ring (bicyclic) bond motifs is 1. The van der Waals surface area contributed by atoms with E-state index in [9.17, 15) is 9.00 Å². The Morgan fingerprint density at radius 1 is 1.47 bits per heavy atom. The standard InChI is InChI=1S/C13H17N3O2S/c1-9(7-8-19(2)18)14-13(17)12-10-5-3-4-6-11(10)15-16-12/h3-6,9H,7-8H2,1-2H3,(H,14,17)(H,15,16). The van der Waals surface area contributed by atoms with E-state index in [-0.39, 0.29) is 11.9 Å². The highest BCUT2D eigenvalue weighted by Crippen LogP contribution is 2.15. The molecule has 2 atom stereocenters. The Morgan fingerprint density at radius 2 is 2.21 bits per heavy atom. The molecule has 6 heteroatoms. The van der Waals surface area contributed by atoms with Gasteiger partial charge in [0.25, 0.3) is 5.91 Å². The molecule has 0 saturated heterocycles. The summed E-state index contributed by atoms with van der Waals surface area (Å²) in [5, 5.41) is 10.6. The first-order valence-electron chi connectivity index (χ1n) is 6.12. The smallest absolute Gasteiger partial charge is 0.272 e. The van der Waals surface area contributed by atoms with Crippen LogP contribution in [0.25, 0.3) is 10.9 Å². The van der Waals surface area contributed by atoms with E-state index in [0.717, 1.165) is 10.9 Å². The maximum atomic E-state index is 12.1. The number of aromatic nitrogens is 2. The minimum atomic E-state index is -0.833. The fourth-order valence-electron chi connectivity index (χ4n) is 1.84. The van der Waals surface area contributed by atoms with Crippen molar-refractivity contribution in [2.45, 2.75) is 19.4 Å². The first kappa shape index (κ1) is 13.7. The van der Waals surface area contributed by atoms with Crippen molar-refractivity contribution >= 4 is 27.6 Å². The van der Waals surface area contributed by atoms with Gasteiger partial charge in [-0.3, -0.25) is 14.1 Å². The third-order valence-electron chi connectivity index (χ3n) is 2.90. The highest BCUT2D eigenvalue weighted by Gasteiger charge is 2.15. The number of nitrogens with one attached hydrogen (secondary N) is 2. The van der Waals surface area contributed by atoms with Gasteiger partial charge in [0, 0.05) is 34.2 Å². The Kier molecular flexibility index (Phi) is 4.31. The van der Waals surface area contributed by atoms with Crippen molar-refractivity contribution in [3.63, 3.8) is 0 Å². The SMILES string of the molecule is CC(CCS(C)=O)NC(=O)c1n[nH]c2ccccc12. The van der Waals surface area contributed by atoms with Crippen LogP contribution in [0.4, 0.5) is 0 Å². The predicted octanol–water partition coefficient (Wildman–Crippen LogP) is 1.45. The minimum absolute atomic E-state index is 0.0214. The molecule has 2 aromatic rings. The highest BCUT2D eigenvalue weighted by molar-refractivity contribution is 7.84. The van der Waals surface area contributed by atoms with Gasteiger partial charge in [-0.15, -0.1) is 0 Å². The van der Waals surface area contributed by atoms with Crippen LogP contribution >= 0.6 is 0 Å². The average Bonchev–Trinajstić information content (AvgIpc) is 2.80. The molecule has 2 unspecified atom stereocenters. The molecule has 5 nitrogen and oxygen atoms in total. The van der Waals surface area contributed by atoms with Gasteiger partial charge in [0.05, 0.1) is 5.52 Å². The maximum absolute atomic E-state index is 12.1. The van der Waals surface area contributed by atoms with E-state index in [2.05, 4.69) is 15.5 Å². The van der Waals surface area contributed by atoms with Gasteiger partial charge >= 0.3 is 0 Å². The lowest BCUT2D eigenvalue weighted by Crippen LogP contribution is -2.33. The number of nitrogens with zero attached hydrogens (tertiary/aromatic N) is 1. The molecule has 1 aromatic heterocycles. The lowest BCUT2D eigenvalue weighted by atomic mass is 10.2. The summed E-state index contributed by atoms with van der Waals surface area (Å²) in [5.74, 6) is 0.384. The summed E-state index contributed by atoms with van der Waals surface area (Å²) < 4.78 is 11.0. The van der Waals surface area contributed by atoms with Crippen LogP contribution in [0, 0.1) is 0 Å². The van der Waals surface area contributed by atoms with E-state index in [1.807, 2.05) is 31.2 Å². The Labute approximate surface area is 114 Å². The molecule has 0 spiro atoms. The molecule has 2 rings (SSSR count). The second kappa shape index (κ2) is 5.97. The lowest BCUT2D eigenvalue weighted by molar-refractivity contribution is 0.0936. The monoisotopic (exact) mass is 279 g/mol. The van der Waals surface area contributed by atoms with Gasteiger partial charge in [0.15, 0.2) is 5.69 Å². The van der Waals surface area contributed by atoms with E-state index in [1.165, 1.54) is 0 Å². The van der Waals surface area contributed by atoms with Crippen LogP contribution < -0.4 is 5.32 Å². The predicted molar refractivity (Wildman–Crippen MR) is 76.6 cm³/mol. The number of hydrogen-bond donors (Lipinski definition) is 2. The summed E-state index contributed by atoms with van der Waals surface area (Å²) >= 11 is 0. The zero-order valence-corrected chi connectivity index (χ0v) is 11.8. The van der Waals surface area contributed by atoms with Crippen molar-refractivity contribution in [2.24, 2.45) is 0 Å². The van der Waals surface area contributed by atoms with Crippen molar-refractivity contribution in [3.05, 3.63) is 30.0 Å². The van der Waals surface area contributed by atoms with Gasteiger partial charge in [0.1, 0.15) is 0 Å². The zero-order chi connectivity index (χ0) is 13.8. The number of amides is 1. The van der Waals surface area contributed by atoms with E-state index >= 15 is 0 Å². The third-order valence-corrected chi connectivity index (χ3v) is 3.71. The molecule has 1 aromatic carbocycles. The maximum Gasteiger partial charge on any atom is 0.272 e. The number of rotatable bonds is 5. The second-order valence-electron chi connectivity index (χ2n) is 4.56. The van der Waals surface area contributed by atoms with Crippen LogP contribution in [0.3, 0.4) is 0 Å². The summed E-state index contributed by atoms with van der Waals surface area (Å²) in [5.41, 5.74) is 1.25. The molecular formula is C13H17N3O2S. The molecule has 1 amide bonds. The molecule has 0 radical (unpaired) electrons. The van der Waals surface area contributed by atoms with Crippen LogP contribution in [0.1, 0.15) is 23.8 Å². The summed E-state index contributed by atoms with van der Waals surface area (Å²) in [6.07, 6.45) is 2.35. The highest BCUT2D eigenvalue weighted by atomic mass is 32.2. The first-order valence-corrected chi connectivity index (χ1v) is 7.84. The molecule has 19 heavy (non-hydrogen) atoms. The second-order valence-corrected chi connectivity index (χ2v) is 6.11. The molecule has 0 fully saturated rings. The van der Waals surface area contributed by atoms with E-state index in [4.69, 9.17) is 0 Å². The number of carbonyl (C=O) groups excluding carboxylic acids is 1. The average molecular weight is 279 g/mol. The third kappa shape index (κ3) is 3.41. The Balaban J connectivity index is 2.05. The van der Waals surface area contributed by atoms with Crippen molar-refractivity contribution in [1.29, 1.82) is 0 Å². The van der Waals surface area contributed by atoms with Gasteiger partial charge in [-0.2, -0.15) is 5.10 Å². The number of aromatic amines is 1. The lowest BCUT2D eigenvalue weighted by Gasteiger charge is -2.11. The van der Waals surface area contributed by atoms with Crippen molar-refractivity contribution in [2.75, 3.05) is 12.0 Å². The molecule has 0 saturated carbocycles. The zero-order valence-electron chi connectivity index (χ0n) is 11.0. The Morgan fingerprint density at radius 3 is 2.95 bits per heavy atom. The molecule has 0 aliphatic rings. The Hall–Kier alpha value is -1.69. The summed E-state index contributed by atoms with van der Waals surface area (Å²) in [6.45, 7) is 1.90. The molecule has 0 bridgehead atoms. The quantitative estimate of drug-likeness (QED) is 0.870.